The topological polar surface area (TPSA) is 78.4 Å². The van der Waals surface area contributed by atoms with E-state index in [9.17, 15) is 18.0 Å². The molecule has 0 radical (unpaired) electrons. The van der Waals surface area contributed by atoms with Gasteiger partial charge in [0.2, 0.25) is 5.95 Å². The fourth-order valence-corrected chi connectivity index (χ4v) is 2.16. The van der Waals surface area contributed by atoms with Gasteiger partial charge < -0.3 is 15.3 Å². The molecule has 0 aliphatic carbocycles. The fraction of sp³-hybridized carbons (Fsp3) is 0.583. The van der Waals surface area contributed by atoms with Crippen LogP contribution in [-0.4, -0.2) is 52.1 Å². The minimum atomic E-state index is -4.83. The van der Waals surface area contributed by atoms with Gasteiger partial charge in [-0.2, -0.15) is 13.2 Å². The number of anilines is 1. The Morgan fingerprint density at radius 3 is 2.57 bits per heavy atom. The molecule has 6 nitrogen and oxygen atoms in total. The molecule has 21 heavy (non-hydrogen) atoms. The van der Waals surface area contributed by atoms with Gasteiger partial charge in [0.15, 0.2) is 5.69 Å². The number of hydrogen-bond acceptors (Lipinski definition) is 5. The first-order chi connectivity index (χ1) is 9.77. The molecule has 2 rings (SSSR count). The van der Waals surface area contributed by atoms with Crippen LogP contribution in [0.5, 0.6) is 0 Å². The van der Waals surface area contributed by atoms with Crippen LogP contribution >= 0.6 is 0 Å². The average molecular weight is 304 g/mol. The lowest BCUT2D eigenvalue weighted by Gasteiger charge is -2.29. The first-order valence-electron chi connectivity index (χ1n) is 6.40. The average Bonchev–Trinajstić information content (AvgIpc) is 2.40. The van der Waals surface area contributed by atoms with Gasteiger partial charge in [0.25, 0.3) is 0 Å². The molecule has 0 atom stereocenters. The highest BCUT2D eigenvalue weighted by atomic mass is 19.4. The van der Waals surface area contributed by atoms with E-state index in [4.69, 9.17) is 5.11 Å². The Labute approximate surface area is 119 Å². The van der Waals surface area contributed by atoms with Crippen molar-refractivity contribution in [2.24, 2.45) is 0 Å². The first kappa shape index (κ1) is 15.5. The van der Waals surface area contributed by atoms with Gasteiger partial charge in [-0.3, -0.25) is 0 Å². The monoisotopic (exact) mass is 304 g/mol. The van der Waals surface area contributed by atoms with Crippen molar-refractivity contribution in [3.05, 3.63) is 17.5 Å². The summed E-state index contributed by atoms with van der Waals surface area (Å²) >= 11 is 0. The third kappa shape index (κ3) is 3.81. The van der Waals surface area contributed by atoms with Crippen LogP contribution in [-0.2, 0) is 6.18 Å². The Morgan fingerprint density at radius 1 is 1.43 bits per heavy atom. The second-order valence-electron chi connectivity index (χ2n) is 4.98. The maximum absolute atomic E-state index is 12.8. The van der Waals surface area contributed by atoms with E-state index in [1.54, 1.807) is 0 Å². The molecule has 1 aromatic heterocycles. The number of carboxylic acid groups (broad SMARTS) is 1. The molecule has 0 unspecified atom stereocenters. The zero-order valence-corrected chi connectivity index (χ0v) is 11.3. The van der Waals surface area contributed by atoms with E-state index in [1.165, 1.54) is 0 Å². The highest BCUT2D eigenvalue weighted by Gasteiger charge is 2.38. The largest absolute Gasteiger partial charge is 0.478 e. The molecule has 9 heteroatoms. The van der Waals surface area contributed by atoms with Crippen molar-refractivity contribution in [3.8, 4) is 0 Å². The molecule has 1 aliphatic heterocycles. The number of halogens is 3. The standard InChI is InChI=1S/C12H15F3N4O2/c1-19-4-2-7(3-5-19)17-11-16-6-8(10(20)21)9(18-11)12(13,14)15/h6-7H,2-5H2,1H3,(H,20,21)(H,16,17,18). The molecule has 0 spiro atoms. The van der Waals surface area contributed by atoms with E-state index in [-0.39, 0.29) is 12.0 Å². The quantitative estimate of drug-likeness (QED) is 0.885. The van der Waals surface area contributed by atoms with Crippen LogP contribution < -0.4 is 5.32 Å². The molecule has 2 N–H and O–H groups in total. The normalized spacial score (nSPS) is 17.7. The third-order valence-corrected chi connectivity index (χ3v) is 3.34. The van der Waals surface area contributed by atoms with Crippen LogP contribution in [0.2, 0.25) is 0 Å². The minimum absolute atomic E-state index is 0.0158. The number of carbonyl (C=O) groups is 1. The van der Waals surface area contributed by atoms with E-state index in [0.717, 1.165) is 25.9 Å². The fourth-order valence-electron chi connectivity index (χ4n) is 2.16. The maximum atomic E-state index is 12.8. The number of likely N-dealkylation sites (tertiary alicyclic amines) is 1. The Morgan fingerprint density at radius 2 is 2.05 bits per heavy atom. The summed E-state index contributed by atoms with van der Waals surface area (Å²) in [7, 11) is 1.97. The zero-order valence-electron chi connectivity index (χ0n) is 11.3. The number of nitrogens with one attached hydrogen (secondary N) is 1. The molecule has 116 valence electrons. The smallest absolute Gasteiger partial charge is 0.434 e. The lowest BCUT2D eigenvalue weighted by atomic mass is 10.1. The van der Waals surface area contributed by atoms with Gasteiger partial charge in [0.05, 0.1) is 0 Å². The number of aromatic carboxylic acids is 1. The predicted octanol–water partition coefficient (Wildman–Crippen LogP) is 1.70. The molecule has 0 amide bonds. The summed E-state index contributed by atoms with van der Waals surface area (Å²) in [6.45, 7) is 1.66. The summed E-state index contributed by atoms with van der Waals surface area (Å²) in [5.41, 5.74) is -2.38. The number of piperidine rings is 1. The summed E-state index contributed by atoms with van der Waals surface area (Å²) in [5, 5.41) is 11.6. The van der Waals surface area contributed by atoms with Crippen molar-refractivity contribution >= 4 is 11.9 Å². The van der Waals surface area contributed by atoms with E-state index in [0.29, 0.717) is 6.20 Å². The van der Waals surface area contributed by atoms with Crippen LogP contribution in [0.4, 0.5) is 19.1 Å². The summed E-state index contributed by atoms with van der Waals surface area (Å²) in [6.07, 6.45) is -2.61. The van der Waals surface area contributed by atoms with Crippen molar-refractivity contribution < 1.29 is 23.1 Å². The van der Waals surface area contributed by atoms with Crippen molar-refractivity contribution in [3.63, 3.8) is 0 Å². The molecule has 0 aromatic carbocycles. The highest BCUT2D eigenvalue weighted by molar-refractivity contribution is 5.88. The second kappa shape index (κ2) is 5.84. The highest BCUT2D eigenvalue weighted by Crippen LogP contribution is 2.31. The zero-order chi connectivity index (χ0) is 15.6. The van der Waals surface area contributed by atoms with Gasteiger partial charge in [-0.1, -0.05) is 0 Å². The summed E-state index contributed by atoms with van der Waals surface area (Å²) in [5.74, 6) is -1.89. The van der Waals surface area contributed by atoms with Gasteiger partial charge in [-0.25, -0.2) is 14.8 Å². The lowest BCUT2D eigenvalue weighted by Crippen LogP contribution is -2.37. The number of aromatic nitrogens is 2. The number of alkyl halides is 3. The summed E-state index contributed by atoms with van der Waals surface area (Å²) in [6, 6.07) is -0.0158. The van der Waals surface area contributed by atoms with Crippen LogP contribution in [0.1, 0.15) is 28.9 Å². The third-order valence-electron chi connectivity index (χ3n) is 3.34. The molecule has 0 saturated carbocycles. The van der Waals surface area contributed by atoms with Gasteiger partial charge in [0, 0.05) is 12.2 Å². The van der Waals surface area contributed by atoms with E-state index < -0.39 is 23.4 Å². The van der Waals surface area contributed by atoms with Gasteiger partial charge in [-0.05, 0) is 33.0 Å². The van der Waals surface area contributed by atoms with E-state index in [1.807, 2.05) is 7.05 Å². The van der Waals surface area contributed by atoms with Crippen LogP contribution in [0.15, 0.2) is 6.20 Å². The molecule has 1 saturated heterocycles. The van der Waals surface area contributed by atoms with E-state index in [2.05, 4.69) is 20.2 Å². The van der Waals surface area contributed by atoms with Gasteiger partial charge in [-0.15, -0.1) is 0 Å². The molecular formula is C12H15F3N4O2. The van der Waals surface area contributed by atoms with Crippen LogP contribution in [0.3, 0.4) is 0 Å². The number of carboxylic acids is 1. The Kier molecular flexibility index (Phi) is 4.31. The Hall–Kier alpha value is -1.90. The molecule has 2 heterocycles. The van der Waals surface area contributed by atoms with Gasteiger partial charge >= 0.3 is 12.1 Å². The van der Waals surface area contributed by atoms with Crippen LogP contribution in [0.25, 0.3) is 0 Å². The van der Waals surface area contributed by atoms with Crippen LogP contribution in [0, 0.1) is 0 Å². The number of nitrogens with zero attached hydrogens (tertiary/aromatic N) is 3. The molecular weight excluding hydrogens is 289 g/mol. The molecule has 1 aliphatic rings. The number of hydrogen-bond donors (Lipinski definition) is 2. The number of rotatable bonds is 3. The maximum Gasteiger partial charge on any atom is 0.434 e. The van der Waals surface area contributed by atoms with Crippen molar-refractivity contribution in [2.75, 3.05) is 25.5 Å². The van der Waals surface area contributed by atoms with Crippen molar-refractivity contribution in [2.45, 2.75) is 25.1 Å². The second-order valence-corrected chi connectivity index (χ2v) is 4.98. The van der Waals surface area contributed by atoms with Crippen molar-refractivity contribution in [1.29, 1.82) is 0 Å². The molecule has 1 fully saturated rings. The first-order valence-corrected chi connectivity index (χ1v) is 6.40. The van der Waals surface area contributed by atoms with Crippen molar-refractivity contribution in [1.82, 2.24) is 14.9 Å². The van der Waals surface area contributed by atoms with Gasteiger partial charge in [0.1, 0.15) is 5.56 Å². The lowest BCUT2D eigenvalue weighted by molar-refractivity contribution is -0.141. The van der Waals surface area contributed by atoms with E-state index >= 15 is 0 Å². The molecule has 1 aromatic rings. The summed E-state index contributed by atoms with van der Waals surface area (Å²) < 4.78 is 38.5. The molecule has 0 bridgehead atoms. The predicted molar refractivity (Wildman–Crippen MR) is 68.1 cm³/mol. The SMILES string of the molecule is CN1CCC(Nc2ncc(C(=O)O)c(C(F)(F)F)n2)CC1. The minimum Gasteiger partial charge on any atom is -0.478 e. The summed E-state index contributed by atoms with van der Waals surface area (Å²) in [4.78, 5) is 19.9. The Balaban J connectivity index is 2.20. The Bertz CT molecular complexity index is 528.